The second kappa shape index (κ2) is 24.9. The van der Waals surface area contributed by atoms with Gasteiger partial charge in [-0.15, -0.1) is 11.8 Å². The lowest BCUT2D eigenvalue weighted by Crippen LogP contribution is -2.29. The monoisotopic (exact) mass is 927 g/mol. The topological polar surface area (TPSA) is 168 Å². The van der Waals surface area contributed by atoms with Crippen LogP contribution < -0.4 is 20.9 Å². The van der Waals surface area contributed by atoms with Crippen molar-refractivity contribution in [2.45, 2.75) is 49.1 Å². The molecule has 4 aromatic carbocycles. The summed E-state index contributed by atoms with van der Waals surface area (Å²) in [6.45, 7) is 3.70. The van der Waals surface area contributed by atoms with E-state index >= 15 is 0 Å². The molecular formula is C49H52F3N5O8S. The molecule has 0 spiro atoms. The maximum atomic E-state index is 13.9. The molecule has 66 heavy (non-hydrogen) atoms. The lowest BCUT2D eigenvalue weighted by Gasteiger charge is -2.29. The predicted molar refractivity (Wildman–Crippen MR) is 246 cm³/mol. The fourth-order valence-electron chi connectivity index (χ4n) is 6.99. The molecule has 1 fully saturated rings. The predicted octanol–water partition coefficient (Wildman–Crippen LogP) is 8.49. The third-order valence-corrected chi connectivity index (χ3v) is 11.5. The van der Waals surface area contributed by atoms with Crippen LogP contribution in [-0.2, 0) is 37.5 Å². The smallest absolute Gasteiger partial charge is 0.416 e. The van der Waals surface area contributed by atoms with Gasteiger partial charge >= 0.3 is 12.1 Å². The minimum Gasteiger partial charge on any atom is -0.481 e. The van der Waals surface area contributed by atoms with Crippen molar-refractivity contribution in [3.63, 3.8) is 0 Å². The molecule has 1 aliphatic rings. The molecule has 1 aliphatic heterocycles. The van der Waals surface area contributed by atoms with E-state index in [1.807, 2.05) is 54.6 Å². The molecule has 0 bridgehead atoms. The average molecular weight is 928 g/mol. The number of amides is 3. The van der Waals surface area contributed by atoms with Gasteiger partial charge in [0.2, 0.25) is 0 Å². The van der Waals surface area contributed by atoms with Crippen LogP contribution in [0.4, 0.5) is 24.5 Å². The zero-order valence-electron chi connectivity index (χ0n) is 36.2. The van der Waals surface area contributed by atoms with Crippen LogP contribution in [-0.4, -0.2) is 93.1 Å². The third kappa shape index (κ3) is 15.4. The summed E-state index contributed by atoms with van der Waals surface area (Å²) < 4.78 is 55.9. The molecular weight excluding hydrogens is 876 g/mol. The summed E-state index contributed by atoms with van der Waals surface area (Å²) >= 11 is 1.52. The van der Waals surface area contributed by atoms with Gasteiger partial charge in [0, 0.05) is 71.0 Å². The van der Waals surface area contributed by atoms with Gasteiger partial charge in [-0.05, 0) is 103 Å². The maximum Gasteiger partial charge on any atom is 0.416 e. The number of thioether (sulfide) groups is 1. The normalized spacial score (nSPS) is 12.7. The maximum absolute atomic E-state index is 13.9. The molecule has 3 amide bonds. The van der Waals surface area contributed by atoms with Crippen molar-refractivity contribution in [2.24, 2.45) is 0 Å². The number of rotatable bonds is 23. The number of aliphatic carboxylic acids is 1. The Bertz CT molecular complexity index is 2430. The van der Waals surface area contributed by atoms with Gasteiger partial charge in [-0.25, -0.2) is 0 Å². The molecule has 0 radical (unpaired) electrons. The average Bonchev–Trinajstić information content (AvgIpc) is 3.33. The SMILES string of the molecule is O=C(O)CCOCCOCCOCCNC(=O)c1cccc(SCc2cccc(C(=O)Nc3ccc(N4CCCCC4)cc3-c3cc(C(=O)NCc4cccc(C(F)(F)F)c4)ccn3)c2)c1. The molecule has 0 aliphatic carbocycles. The van der Waals surface area contributed by atoms with Crippen LogP contribution in [0, 0.1) is 0 Å². The Hall–Kier alpha value is -6.27. The number of aromatic nitrogens is 1. The third-order valence-electron chi connectivity index (χ3n) is 10.4. The van der Waals surface area contributed by atoms with E-state index in [1.165, 1.54) is 36.2 Å². The zero-order chi connectivity index (χ0) is 46.7. The number of carbonyl (C=O) groups excluding carboxylic acids is 3. The number of nitrogens with one attached hydrogen (secondary N) is 3. The second-order valence-corrected chi connectivity index (χ2v) is 16.3. The highest BCUT2D eigenvalue weighted by Crippen LogP contribution is 2.34. The van der Waals surface area contributed by atoms with Gasteiger partial charge in [-0.3, -0.25) is 24.2 Å². The number of nitrogens with zero attached hydrogens (tertiary/aromatic N) is 2. The minimum absolute atomic E-state index is 0.0526. The van der Waals surface area contributed by atoms with Gasteiger partial charge in [0.15, 0.2) is 0 Å². The molecule has 6 rings (SSSR count). The van der Waals surface area contributed by atoms with Gasteiger partial charge in [-0.2, -0.15) is 13.2 Å². The van der Waals surface area contributed by atoms with E-state index in [0.717, 1.165) is 60.6 Å². The Balaban J connectivity index is 1.04. The van der Waals surface area contributed by atoms with Crippen LogP contribution in [0.3, 0.4) is 0 Å². The number of carboxylic acid groups (broad SMARTS) is 1. The van der Waals surface area contributed by atoms with E-state index in [-0.39, 0.29) is 37.0 Å². The first-order chi connectivity index (χ1) is 31.9. The summed E-state index contributed by atoms with van der Waals surface area (Å²) in [6.07, 6.45) is 0.185. The Morgan fingerprint density at radius 2 is 1.35 bits per heavy atom. The molecule has 17 heteroatoms. The number of piperidine rings is 1. The Morgan fingerprint density at radius 3 is 2.11 bits per heavy atom. The largest absolute Gasteiger partial charge is 0.481 e. The number of halogens is 3. The summed E-state index contributed by atoms with van der Waals surface area (Å²) in [4.78, 5) is 58.3. The number of alkyl halides is 3. The first-order valence-electron chi connectivity index (χ1n) is 21.6. The molecule has 0 saturated carbocycles. The number of pyridine rings is 1. The first kappa shape index (κ1) is 49.2. The number of carbonyl (C=O) groups is 4. The number of benzene rings is 4. The number of hydrogen-bond donors (Lipinski definition) is 4. The van der Waals surface area contributed by atoms with Crippen molar-refractivity contribution < 1.29 is 51.7 Å². The summed E-state index contributed by atoms with van der Waals surface area (Å²) in [7, 11) is 0. The first-order valence-corrected chi connectivity index (χ1v) is 22.6. The molecule has 4 N–H and O–H groups in total. The number of hydrogen-bond acceptors (Lipinski definition) is 10. The Morgan fingerprint density at radius 1 is 0.682 bits per heavy atom. The van der Waals surface area contributed by atoms with Crippen LogP contribution in [0.15, 0.2) is 114 Å². The number of carboxylic acids is 1. The lowest BCUT2D eigenvalue weighted by atomic mass is 10.0. The fourth-order valence-corrected chi connectivity index (χ4v) is 7.89. The summed E-state index contributed by atoms with van der Waals surface area (Å²) in [5.74, 6) is -1.46. The van der Waals surface area contributed by atoms with Gasteiger partial charge < -0.3 is 40.2 Å². The minimum atomic E-state index is -4.50. The molecule has 1 saturated heterocycles. The van der Waals surface area contributed by atoms with Crippen LogP contribution in [0.1, 0.15) is 73.4 Å². The molecule has 0 atom stereocenters. The van der Waals surface area contributed by atoms with Crippen molar-refractivity contribution in [3.8, 4) is 11.3 Å². The van der Waals surface area contributed by atoms with E-state index < -0.39 is 23.6 Å². The van der Waals surface area contributed by atoms with Crippen molar-refractivity contribution in [1.29, 1.82) is 0 Å². The van der Waals surface area contributed by atoms with E-state index in [9.17, 15) is 32.3 Å². The van der Waals surface area contributed by atoms with E-state index in [1.54, 1.807) is 18.2 Å². The molecule has 1 aromatic heterocycles. The van der Waals surface area contributed by atoms with Crippen molar-refractivity contribution >= 4 is 46.8 Å². The Labute approximate surface area is 385 Å². The highest BCUT2D eigenvalue weighted by atomic mass is 32.2. The second-order valence-electron chi connectivity index (χ2n) is 15.3. The quantitative estimate of drug-likeness (QED) is 0.0366. The number of ether oxygens (including phenoxy) is 3. The molecule has 13 nitrogen and oxygen atoms in total. The van der Waals surface area contributed by atoms with E-state index in [2.05, 4.69) is 25.8 Å². The Kier molecular flexibility index (Phi) is 18.5. The standard InChI is InChI=1S/C49H52F3N5O8S/c50-49(51,52)39-11-5-7-34(28-39)32-55-47(61)38-15-17-53-44(30-38)42-31-40(57-19-2-1-3-20-57)13-14-43(42)56-48(62)36-9-4-8-35(27-36)33-66-41-12-6-10-37(29-41)46(60)54-18-22-64-24-26-65-25-23-63-21-16-45(58)59/h4-15,17,27-31H,1-3,16,18-26,32-33H2,(H,54,60)(H,55,61)(H,56,62)(H,58,59). The summed E-state index contributed by atoms with van der Waals surface area (Å²) in [5, 5.41) is 17.2. The van der Waals surface area contributed by atoms with Gasteiger partial charge in [-0.1, -0.05) is 30.3 Å². The molecule has 348 valence electrons. The van der Waals surface area contributed by atoms with Crippen LogP contribution in [0.25, 0.3) is 11.3 Å². The summed E-state index contributed by atoms with van der Waals surface area (Å²) in [6, 6.07) is 28.2. The van der Waals surface area contributed by atoms with Crippen LogP contribution in [0.5, 0.6) is 0 Å². The van der Waals surface area contributed by atoms with E-state index in [4.69, 9.17) is 19.3 Å². The van der Waals surface area contributed by atoms with Crippen LogP contribution >= 0.6 is 11.8 Å². The fraction of sp³-hybridized carbons (Fsp3) is 0.327. The summed E-state index contributed by atoms with van der Waals surface area (Å²) in [5.41, 5.74) is 4.05. The molecule has 5 aromatic rings. The van der Waals surface area contributed by atoms with Gasteiger partial charge in [0.25, 0.3) is 17.7 Å². The zero-order valence-corrected chi connectivity index (χ0v) is 37.1. The molecule has 0 unspecified atom stereocenters. The number of anilines is 2. The van der Waals surface area contributed by atoms with Gasteiger partial charge in [0.1, 0.15) is 0 Å². The highest BCUT2D eigenvalue weighted by molar-refractivity contribution is 7.98. The van der Waals surface area contributed by atoms with Crippen molar-refractivity contribution in [1.82, 2.24) is 15.6 Å². The van der Waals surface area contributed by atoms with Crippen molar-refractivity contribution in [3.05, 3.63) is 143 Å². The lowest BCUT2D eigenvalue weighted by molar-refractivity contribution is -0.139. The van der Waals surface area contributed by atoms with Gasteiger partial charge in [0.05, 0.1) is 63.0 Å². The highest BCUT2D eigenvalue weighted by Gasteiger charge is 2.30. The van der Waals surface area contributed by atoms with Crippen LogP contribution in [0.2, 0.25) is 0 Å². The molecule has 2 heterocycles. The van der Waals surface area contributed by atoms with E-state index in [0.29, 0.717) is 79.0 Å². The van der Waals surface area contributed by atoms with Crippen molar-refractivity contribution in [2.75, 3.05) is 69.5 Å².